The predicted molar refractivity (Wildman–Crippen MR) is 64.9 cm³/mol. The van der Waals surface area contributed by atoms with Gasteiger partial charge in [-0.25, -0.2) is 4.79 Å². The second-order valence-corrected chi connectivity index (χ2v) is 4.01. The minimum atomic E-state index is -1.02. The van der Waals surface area contributed by atoms with Crippen LogP contribution in [0, 0.1) is 5.92 Å². The molecule has 1 aromatic rings. The van der Waals surface area contributed by atoms with Gasteiger partial charge in [-0.1, -0.05) is 44.2 Å². The van der Waals surface area contributed by atoms with Crippen molar-refractivity contribution in [1.29, 1.82) is 0 Å². The van der Waals surface area contributed by atoms with Gasteiger partial charge in [-0.05, 0) is 17.6 Å². The fourth-order valence-corrected chi connectivity index (χ4v) is 1.25. The van der Waals surface area contributed by atoms with Gasteiger partial charge in [-0.3, -0.25) is 10.3 Å². The van der Waals surface area contributed by atoms with Gasteiger partial charge < -0.3 is 5.11 Å². The molecule has 0 bridgehead atoms. The fourth-order valence-electron chi connectivity index (χ4n) is 1.25. The number of hydrogen-bond acceptors (Lipinski definition) is 3. The van der Waals surface area contributed by atoms with Gasteiger partial charge in [0.2, 0.25) is 0 Å². The van der Waals surface area contributed by atoms with Crippen molar-refractivity contribution in [2.75, 3.05) is 0 Å². The molecule has 0 fully saturated rings. The van der Waals surface area contributed by atoms with Gasteiger partial charge in [0.1, 0.15) is 5.70 Å². The van der Waals surface area contributed by atoms with Crippen LogP contribution in [0.25, 0.3) is 0 Å². The zero-order valence-electron chi connectivity index (χ0n) is 10.0. The van der Waals surface area contributed by atoms with Crippen LogP contribution >= 0.6 is 0 Å². The topological polar surface area (TPSA) is 58.6 Å². The van der Waals surface area contributed by atoms with Crippen LogP contribution in [0.1, 0.15) is 19.4 Å². The summed E-state index contributed by atoms with van der Waals surface area (Å²) in [5.74, 6) is -0.874. The normalized spacial score (nSPS) is 11.6. The molecule has 0 atom stereocenters. The van der Waals surface area contributed by atoms with E-state index in [1.807, 2.05) is 44.2 Å². The maximum absolute atomic E-state index is 10.9. The fraction of sp³-hybridized carbons (Fsp3) is 0.308. The highest BCUT2D eigenvalue weighted by molar-refractivity contribution is 5.85. The summed E-state index contributed by atoms with van der Waals surface area (Å²) in [7, 11) is 0. The van der Waals surface area contributed by atoms with Crippen molar-refractivity contribution < 1.29 is 14.7 Å². The van der Waals surface area contributed by atoms with E-state index in [2.05, 4.69) is 5.48 Å². The third-order valence-electron chi connectivity index (χ3n) is 1.99. The third kappa shape index (κ3) is 5.17. The number of aliphatic carboxylic acids is 1. The molecule has 0 aliphatic carbocycles. The van der Waals surface area contributed by atoms with Crippen LogP contribution < -0.4 is 5.48 Å². The van der Waals surface area contributed by atoms with E-state index >= 15 is 0 Å². The molecule has 0 heterocycles. The number of rotatable bonds is 6. The van der Waals surface area contributed by atoms with E-state index in [4.69, 9.17) is 9.94 Å². The Morgan fingerprint density at radius 2 is 2.06 bits per heavy atom. The molecule has 0 saturated heterocycles. The Labute approximate surface area is 101 Å². The van der Waals surface area contributed by atoms with E-state index in [-0.39, 0.29) is 11.6 Å². The zero-order chi connectivity index (χ0) is 12.7. The molecule has 0 saturated carbocycles. The summed E-state index contributed by atoms with van der Waals surface area (Å²) >= 11 is 0. The first-order chi connectivity index (χ1) is 8.09. The van der Waals surface area contributed by atoms with Crippen molar-refractivity contribution >= 4 is 5.97 Å². The maximum atomic E-state index is 10.9. The van der Waals surface area contributed by atoms with Gasteiger partial charge in [-0.2, -0.15) is 0 Å². The van der Waals surface area contributed by atoms with Gasteiger partial charge in [0.25, 0.3) is 0 Å². The molecule has 0 aliphatic heterocycles. The number of allylic oxidation sites excluding steroid dienone is 1. The standard InChI is InChI=1S/C13H17NO3/c1-10(2)8-12(13(15)16)14-17-9-11-6-4-3-5-7-11/h3-8,10,14H,9H2,1-2H3,(H,15,16). The van der Waals surface area contributed by atoms with Crippen molar-refractivity contribution in [2.45, 2.75) is 20.5 Å². The lowest BCUT2D eigenvalue weighted by atomic mass is 10.2. The Bertz CT molecular complexity index is 385. The lowest BCUT2D eigenvalue weighted by Gasteiger charge is -2.08. The summed E-state index contributed by atoms with van der Waals surface area (Å²) in [4.78, 5) is 16.0. The molecule has 0 unspecified atom stereocenters. The van der Waals surface area contributed by atoms with Crippen LogP contribution in [0.3, 0.4) is 0 Å². The average Bonchev–Trinajstić information content (AvgIpc) is 2.28. The van der Waals surface area contributed by atoms with Crippen LogP contribution in [-0.4, -0.2) is 11.1 Å². The minimum Gasteiger partial charge on any atom is -0.477 e. The Morgan fingerprint density at radius 3 is 2.59 bits per heavy atom. The Morgan fingerprint density at radius 1 is 1.41 bits per heavy atom. The molecule has 4 nitrogen and oxygen atoms in total. The summed E-state index contributed by atoms with van der Waals surface area (Å²) in [6.07, 6.45) is 1.60. The number of nitrogens with one attached hydrogen (secondary N) is 1. The van der Waals surface area contributed by atoms with E-state index in [0.29, 0.717) is 6.61 Å². The molecule has 1 aromatic carbocycles. The number of carboxylic acids is 1. The molecule has 1 rings (SSSR count). The van der Waals surface area contributed by atoms with Crippen LogP contribution in [0.4, 0.5) is 0 Å². The van der Waals surface area contributed by atoms with Gasteiger partial charge in [0.15, 0.2) is 0 Å². The lowest BCUT2D eigenvalue weighted by molar-refractivity contribution is -0.135. The molecule has 92 valence electrons. The number of benzene rings is 1. The van der Waals surface area contributed by atoms with E-state index in [0.717, 1.165) is 5.56 Å². The first kappa shape index (κ1) is 13.3. The molecule has 17 heavy (non-hydrogen) atoms. The Balaban J connectivity index is 2.46. The van der Waals surface area contributed by atoms with Crippen molar-refractivity contribution in [2.24, 2.45) is 5.92 Å². The van der Waals surface area contributed by atoms with E-state index in [9.17, 15) is 4.79 Å². The van der Waals surface area contributed by atoms with Crippen LogP contribution in [0.2, 0.25) is 0 Å². The van der Waals surface area contributed by atoms with E-state index < -0.39 is 5.97 Å². The van der Waals surface area contributed by atoms with Crippen molar-refractivity contribution in [1.82, 2.24) is 5.48 Å². The summed E-state index contributed by atoms with van der Waals surface area (Å²) in [5, 5.41) is 8.91. The SMILES string of the molecule is CC(C)C=C(NOCc1ccccc1)C(=O)O. The van der Waals surface area contributed by atoms with Crippen LogP contribution in [0.5, 0.6) is 0 Å². The van der Waals surface area contributed by atoms with Crippen molar-refractivity contribution in [3.8, 4) is 0 Å². The quantitative estimate of drug-likeness (QED) is 0.587. The minimum absolute atomic E-state index is 0.0657. The maximum Gasteiger partial charge on any atom is 0.353 e. The smallest absolute Gasteiger partial charge is 0.353 e. The lowest BCUT2D eigenvalue weighted by Crippen LogP contribution is -2.21. The zero-order valence-corrected chi connectivity index (χ0v) is 10.0. The third-order valence-corrected chi connectivity index (χ3v) is 1.99. The average molecular weight is 235 g/mol. The Hall–Kier alpha value is -1.81. The highest BCUT2D eigenvalue weighted by Gasteiger charge is 2.07. The number of hydroxylamine groups is 1. The second kappa shape index (κ2) is 6.70. The molecule has 0 amide bonds. The molecule has 4 heteroatoms. The Kier molecular flexibility index (Phi) is 5.23. The highest BCUT2D eigenvalue weighted by atomic mass is 16.6. The molecule has 0 aromatic heterocycles. The first-order valence-electron chi connectivity index (χ1n) is 5.46. The monoisotopic (exact) mass is 235 g/mol. The van der Waals surface area contributed by atoms with Gasteiger partial charge in [0, 0.05) is 0 Å². The van der Waals surface area contributed by atoms with Gasteiger partial charge in [0.05, 0.1) is 6.61 Å². The summed E-state index contributed by atoms with van der Waals surface area (Å²) in [6.45, 7) is 4.13. The van der Waals surface area contributed by atoms with Crippen LogP contribution in [-0.2, 0) is 16.2 Å². The molecule has 0 aliphatic rings. The molecule has 0 spiro atoms. The number of carbonyl (C=O) groups is 1. The second-order valence-electron chi connectivity index (χ2n) is 4.01. The number of hydrogen-bond donors (Lipinski definition) is 2. The molecular weight excluding hydrogens is 218 g/mol. The highest BCUT2D eigenvalue weighted by Crippen LogP contribution is 2.02. The van der Waals surface area contributed by atoms with E-state index in [1.165, 1.54) is 0 Å². The summed E-state index contributed by atoms with van der Waals surface area (Å²) in [6, 6.07) is 9.54. The van der Waals surface area contributed by atoms with Crippen molar-refractivity contribution in [3.05, 3.63) is 47.7 Å². The summed E-state index contributed by atoms with van der Waals surface area (Å²) in [5.41, 5.74) is 3.51. The number of carboxylic acid groups (broad SMARTS) is 1. The predicted octanol–water partition coefficient (Wildman–Crippen LogP) is 2.33. The first-order valence-corrected chi connectivity index (χ1v) is 5.46. The van der Waals surface area contributed by atoms with Crippen LogP contribution in [0.15, 0.2) is 42.1 Å². The van der Waals surface area contributed by atoms with Gasteiger partial charge in [-0.15, -0.1) is 0 Å². The molecule has 2 N–H and O–H groups in total. The van der Waals surface area contributed by atoms with Crippen molar-refractivity contribution in [3.63, 3.8) is 0 Å². The largest absolute Gasteiger partial charge is 0.477 e. The summed E-state index contributed by atoms with van der Waals surface area (Å²) < 4.78 is 0. The van der Waals surface area contributed by atoms with E-state index in [1.54, 1.807) is 6.08 Å². The van der Waals surface area contributed by atoms with Gasteiger partial charge >= 0.3 is 5.97 Å². The molecule has 0 radical (unpaired) electrons. The molecular formula is C13H17NO3.